The van der Waals surface area contributed by atoms with Crippen molar-refractivity contribution in [3.63, 3.8) is 0 Å². The average molecular weight is 547 g/mol. The van der Waals surface area contributed by atoms with Gasteiger partial charge in [-0.15, -0.1) is 0 Å². The molecule has 1 aromatic heterocycles. The number of sulfone groups is 1. The zero-order chi connectivity index (χ0) is 24.0. The molecule has 0 spiro atoms. The molecule has 0 aliphatic rings. The number of benzene rings is 1. The van der Waals surface area contributed by atoms with Crippen LogP contribution in [-0.2, 0) is 36.5 Å². The van der Waals surface area contributed by atoms with Gasteiger partial charge in [0.15, 0.2) is 9.84 Å². The van der Waals surface area contributed by atoms with E-state index >= 15 is 0 Å². The number of nitrogens with two attached hydrogens (primary N) is 1. The summed E-state index contributed by atoms with van der Waals surface area (Å²) in [5.41, 5.74) is -0.356. The molecule has 0 aliphatic carbocycles. The van der Waals surface area contributed by atoms with E-state index in [4.69, 9.17) is 9.56 Å². The van der Waals surface area contributed by atoms with E-state index in [1.54, 1.807) is 12.1 Å². The maximum atomic E-state index is 12.9. The Hall–Kier alpha value is -0.294. The Balaban J connectivity index is 0.00000544. The molecule has 0 unspecified atom stereocenters. The summed E-state index contributed by atoms with van der Waals surface area (Å²) in [6.45, 7) is 1.99. The van der Waals surface area contributed by atoms with Gasteiger partial charge in [0.05, 0.1) is 34.0 Å². The summed E-state index contributed by atoms with van der Waals surface area (Å²) in [6.07, 6.45) is 6.21. The molecule has 10 nitrogen and oxygen atoms in total. The fourth-order valence-corrected chi connectivity index (χ4v) is 6.68. The van der Waals surface area contributed by atoms with E-state index in [1.165, 1.54) is 6.26 Å². The van der Waals surface area contributed by atoms with Crippen molar-refractivity contribution in [2.24, 2.45) is 5.14 Å². The van der Waals surface area contributed by atoms with Crippen LogP contribution >= 0.6 is 0 Å². The van der Waals surface area contributed by atoms with E-state index < -0.39 is 44.7 Å². The number of primary sulfonamides is 1. The second-order valence-electron chi connectivity index (χ2n) is 7.31. The Morgan fingerprint density at radius 2 is 1.58 bits per heavy atom. The van der Waals surface area contributed by atoms with E-state index in [0.717, 1.165) is 31.7 Å². The summed E-state index contributed by atoms with van der Waals surface area (Å²) in [6, 6.07) is 4.49. The van der Waals surface area contributed by atoms with Crippen LogP contribution < -0.4 is 61.8 Å². The molecule has 0 radical (unpaired) electrons. The van der Waals surface area contributed by atoms with E-state index in [1.807, 2.05) is 0 Å². The van der Waals surface area contributed by atoms with Gasteiger partial charge in [-0.05, 0) is 30.7 Å². The molecular formula is C19H27KN2O8S3. The molecule has 33 heavy (non-hydrogen) atoms. The minimum Gasteiger partial charge on any atom is -0.744 e. The quantitative estimate of drug-likeness (QED) is 0.192. The predicted molar refractivity (Wildman–Crippen MR) is 117 cm³/mol. The minimum atomic E-state index is -5.16. The molecule has 2 aromatic rings. The van der Waals surface area contributed by atoms with Crippen LogP contribution in [0.1, 0.15) is 51.2 Å². The SMILES string of the molecule is CCCCCCCCS(=O)(=O)c1cc(NCc2ccco2)c(S(=O)(=O)[O-])cc1S(N)(=O)=O.[K+]. The summed E-state index contributed by atoms with van der Waals surface area (Å²) >= 11 is 0. The number of hydrogen-bond acceptors (Lipinski definition) is 9. The van der Waals surface area contributed by atoms with Gasteiger partial charge >= 0.3 is 51.4 Å². The van der Waals surface area contributed by atoms with Crippen LogP contribution in [0.5, 0.6) is 0 Å². The van der Waals surface area contributed by atoms with Crippen LogP contribution in [-0.4, -0.2) is 35.6 Å². The van der Waals surface area contributed by atoms with E-state index in [2.05, 4.69) is 12.2 Å². The zero-order valence-corrected chi connectivity index (χ0v) is 24.2. The Kier molecular flexibility index (Phi) is 12.2. The number of nitrogens with one attached hydrogen (secondary N) is 1. The Morgan fingerprint density at radius 1 is 0.939 bits per heavy atom. The topological polar surface area (TPSA) is 177 Å². The van der Waals surface area contributed by atoms with Crippen molar-refractivity contribution < 1.29 is 85.6 Å². The Labute approximate surface area is 237 Å². The number of hydrogen-bond donors (Lipinski definition) is 2. The third-order valence-electron chi connectivity index (χ3n) is 4.76. The molecule has 0 saturated heterocycles. The van der Waals surface area contributed by atoms with Gasteiger partial charge in [-0.1, -0.05) is 39.0 Å². The van der Waals surface area contributed by atoms with Crippen molar-refractivity contribution in [3.8, 4) is 0 Å². The van der Waals surface area contributed by atoms with Crippen LogP contribution in [0.4, 0.5) is 5.69 Å². The molecule has 0 amide bonds. The third-order valence-corrected chi connectivity index (χ3v) is 8.55. The van der Waals surface area contributed by atoms with Crippen LogP contribution in [0.25, 0.3) is 0 Å². The van der Waals surface area contributed by atoms with Gasteiger partial charge in [0.25, 0.3) is 0 Å². The monoisotopic (exact) mass is 546 g/mol. The molecule has 3 N–H and O–H groups in total. The molecule has 0 bridgehead atoms. The second kappa shape index (κ2) is 13.1. The standard InChI is InChI=1S/C19H28N2O8S3.K/c1-2-3-4-5-6-7-11-30(22,23)18-12-16(21-14-15-9-8-10-29-15)17(32(26,27)28)13-19(18)31(20,24)25;/h8-10,12-13,21H,2-7,11,14H2,1H3,(H2,20,24,25)(H,26,27,28);/q;+1/p-1. The molecular weight excluding hydrogens is 520 g/mol. The summed E-state index contributed by atoms with van der Waals surface area (Å²) in [5.74, 6) is 0.0363. The van der Waals surface area contributed by atoms with Gasteiger partial charge < -0.3 is 14.3 Å². The molecule has 0 atom stereocenters. The van der Waals surface area contributed by atoms with Crippen molar-refractivity contribution in [2.75, 3.05) is 11.1 Å². The normalized spacial score (nSPS) is 12.3. The van der Waals surface area contributed by atoms with Gasteiger partial charge in [0.2, 0.25) is 10.0 Å². The minimum absolute atomic E-state index is 0. The maximum Gasteiger partial charge on any atom is 1.00 e. The van der Waals surface area contributed by atoms with Crippen LogP contribution in [0.2, 0.25) is 0 Å². The summed E-state index contributed by atoms with van der Waals surface area (Å²) in [5, 5.41) is 7.78. The van der Waals surface area contributed by atoms with Crippen molar-refractivity contribution in [1.82, 2.24) is 0 Å². The molecule has 14 heteroatoms. The van der Waals surface area contributed by atoms with Crippen molar-refractivity contribution >= 4 is 35.7 Å². The van der Waals surface area contributed by atoms with Crippen molar-refractivity contribution in [2.45, 2.75) is 66.7 Å². The largest absolute Gasteiger partial charge is 1.00 e. The third kappa shape index (κ3) is 9.35. The molecule has 0 aliphatic heterocycles. The molecule has 0 fully saturated rings. The number of rotatable bonds is 13. The first-order chi connectivity index (χ1) is 14.9. The maximum absolute atomic E-state index is 12.9. The van der Waals surface area contributed by atoms with Crippen LogP contribution in [0.15, 0.2) is 49.6 Å². The van der Waals surface area contributed by atoms with Gasteiger partial charge in [0.1, 0.15) is 20.8 Å². The van der Waals surface area contributed by atoms with Crippen LogP contribution in [0, 0.1) is 0 Å². The fourth-order valence-electron chi connectivity index (χ4n) is 3.13. The number of furan rings is 1. The van der Waals surface area contributed by atoms with Gasteiger partial charge in [0, 0.05) is 0 Å². The number of sulfonamides is 1. The molecule has 2 rings (SSSR count). The predicted octanol–water partition coefficient (Wildman–Crippen LogP) is -0.419. The molecule has 1 aromatic carbocycles. The average Bonchev–Trinajstić information content (AvgIpc) is 3.20. The van der Waals surface area contributed by atoms with Crippen LogP contribution in [0.3, 0.4) is 0 Å². The first-order valence-electron chi connectivity index (χ1n) is 10.0. The first-order valence-corrected chi connectivity index (χ1v) is 14.6. The van der Waals surface area contributed by atoms with Crippen molar-refractivity contribution in [1.29, 1.82) is 0 Å². The van der Waals surface area contributed by atoms with Gasteiger partial charge in [-0.2, -0.15) is 0 Å². The summed E-state index contributed by atoms with van der Waals surface area (Å²) < 4.78 is 90.4. The zero-order valence-electron chi connectivity index (χ0n) is 18.6. The number of anilines is 1. The second-order valence-corrected chi connectivity index (χ2v) is 12.3. The van der Waals surface area contributed by atoms with Gasteiger partial charge in [-0.25, -0.2) is 30.4 Å². The Bertz CT molecular complexity index is 1230. The Morgan fingerprint density at radius 3 is 2.12 bits per heavy atom. The van der Waals surface area contributed by atoms with E-state index in [0.29, 0.717) is 24.7 Å². The summed E-state index contributed by atoms with van der Waals surface area (Å²) in [7, 11) is -13.9. The smallest absolute Gasteiger partial charge is 0.744 e. The van der Waals surface area contributed by atoms with Crippen molar-refractivity contribution in [3.05, 3.63) is 36.3 Å². The molecule has 0 saturated carbocycles. The molecule has 180 valence electrons. The molecule has 1 heterocycles. The van der Waals surface area contributed by atoms with E-state index in [9.17, 15) is 29.8 Å². The van der Waals surface area contributed by atoms with Gasteiger partial charge in [-0.3, -0.25) is 0 Å². The fraction of sp³-hybridized carbons (Fsp3) is 0.474. The van der Waals surface area contributed by atoms with E-state index in [-0.39, 0.29) is 69.4 Å². The summed E-state index contributed by atoms with van der Waals surface area (Å²) in [4.78, 5) is -2.50. The number of unbranched alkanes of at least 4 members (excludes halogenated alkanes) is 5. The first kappa shape index (κ1) is 30.7.